The van der Waals surface area contributed by atoms with Crippen LogP contribution < -0.4 is 0 Å². The minimum Gasteiger partial charge on any atom is -0.459 e. The van der Waals surface area contributed by atoms with Crippen LogP contribution in [0.2, 0.25) is 0 Å². The molecule has 3 fully saturated rings. The first kappa shape index (κ1) is 49.4. The van der Waals surface area contributed by atoms with E-state index in [1.807, 2.05) is 62.6 Å². The minimum atomic E-state index is -1.43. The van der Waals surface area contributed by atoms with Crippen LogP contribution >= 0.6 is 0 Å². The van der Waals surface area contributed by atoms with E-state index in [0.717, 1.165) is 0 Å². The van der Waals surface area contributed by atoms with Crippen molar-refractivity contribution in [2.45, 2.75) is 187 Å². The molecule has 3 aliphatic rings. The second kappa shape index (κ2) is 20.5. The van der Waals surface area contributed by atoms with Crippen LogP contribution in [0, 0.1) is 29.6 Å². The molecule has 3 rings (SSSR count). The molecule has 2 N–H and O–H groups in total. The first-order valence-electron chi connectivity index (χ1n) is 21.3. The van der Waals surface area contributed by atoms with Crippen LogP contribution in [0.4, 0.5) is 0 Å². The van der Waals surface area contributed by atoms with E-state index in [9.17, 15) is 15.0 Å². The number of hydrogen-bond donors (Lipinski definition) is 2. The summed E-state index contributed by atoms with van der Waals surface area (Å²) in [5.74, 6) is -1.75. The Morgan fingerprint density at radius 1 is 0.911 bits per heavy atom. The summed E-state index contributed by atoms with van der Waals surface area (Å²) in [7, 11) is 9.48. The number of methoxy groups -OCH3 is 2. The Morgan fingerprint density at radius 3 is 2.11 bits per heavy atom. The largest absolute Gasteiger partial charge is 0.459 e. The second-order valence-electron chi connectivity index (χ2n) is 18.6. The molecule has 3 heterocycles. The number of aliphatic hydroxyl groups excluding tert-OH is 1. The maximum atomic E-state index is 14.6. The van der Waals surface area contributed by atoms with Gasteiger partial charge in [0.2, 0.25) is 0 Å². The standard InChI is InChI=1S/C43H82N2O11/c1-18-34-43(12,50-17)29(6)31(8)45(15)24-25(2)22-41(10,48)38(56-40-37(51-20-19-46)33(44(13)14)21-26(3)52-40)27(4)36(28(5)39(47)54-34)55-35-23-42(11,49-16)30(7)32(9)53-35/h25-38,40,46,48H,18-24H2,1-17H3/t25-,26-,27+,28-,29-,30+,31-,32+,33+,34-,35+,36+,37-,38-,40?,41-,42-,43+/m1/s1. The van der Waals surface area contributed by atoms with Crippen molar-refractivity contribution in [1.29, 1.82) is 0 Å². The molecule has 0 aromatic rings. The third-order valence-electron chi connectivity index (χ3n) is 14.2. The number of rotatable bonds is 11. The van der Waals surface area contributed by atoms with Crippen molar-refractivity contribution < 1.29 is 52.9 Å². The topological polar surface area (TPSA) is 138 Å². The highest BCUT2D eigenvalue weighted by atomic mass is 16.7. The summed E-state index contributed by atoms with van der Waals surface area (Å²) < 4.78 is 52.2. The Morgan fingerprint density at radius 2 is 1.55 bits per heavy atom. The van der Waals surface area contributed by atoms with E-state index < -0.39 is 71.6 Å². The van der Waals surface area contributed by atoms with Gasteiger partial charge in [-0.3, -0.25) is 4.79 Å². The lowest BCUT2D eigenvalue weighted by molar-refractivity contribution is -0.318. The number of esters is 1. The Balaban J connectivity index is 2.23. The van der Waals surface area contributed by atoms with Crippen molar-refractivity contribution in [3.8, 4) is 0 Å². The van der Waals surface area contributed by atoms with Gasteiger partial charge in [-0.1, -0.05) is 34.6 Å². The lowest BCUT2D eigenvalue weighted by Crippen LogP contribution is -2.60. The smallest absolute Gasteiger partial charge is 0.311 e. The van der Waals surface area contributed by atoms with Gasteiger partial charge in [0.15, 0.2) is 12.6 Å². The number of carbonyl (C=O) groups excluding carboxylic acids is 1. The quantitative estimate of drug-likeness (QED) is 0.268. The lowest BCUT2D eigenvalue weighted by Gasteiger charge is -2.49. The maximum absolute atomic E-state index is 14.6. The molecular formula is C43H82N2O11. The zero-order chi connectivity index (χ0) is 42.5. The first-order chi connectivity index (χ1) is 26.0. The predicted octanol–water partition coefficient (Wildman–Crippen LogP) is 5.12. The van der Waals surface area contributed by atoms with Crippen molar-refractivity contribution in [2.75, 3.05) is 55.1 Å². The lowest BCUT2D eigenvalue weighted by atomic mass is 9.77. The summed E-state index contributed by atoms with van der Waals surface area (Å²) in [6.07, 6.45) is -2.76. The van der Waals surface area contributed by atoms with Gasteiger partial charge in [0.05, 0.1) is 54.7 Å². The van der Waals surface area contributed by atoms with E-state index in [1.54, 1.807) is 14.2 Å². The molecule has 0 spiro atoms. The fourth-order valence-corrected chi connectivity index (χ4v) is 9.81. The van der Waals surface area contributed by atoms with Crippen LogP contribution in [-0.2, 0) is 42.7 Å². The van der Waals surface area contributed by atoms with Gasteiger partial charge in [-0.15, -0.1) is 0 Å². The van der Waals surface area contributed by atoms with E-state index >= 15 is 0 Å². The molecule has 0 saturated carbocycles. The van der Waals surface area contributed by atoms with E-state index in [0.29, 0.717) is 32.2 Å². The molecule has 0 amide bonds. The van der Waals surface area contributed by atoms with E-state index in [4.69, 9.17) is 37.9 Å². The normalized spacial score (nSPS) is 46.9. The third-order valence-corrected chi connectivity index (χ3v) is 14.2. The van der Waals surface area contributed by atoms with Crippen molar-refractivity contribution in [3.63, 3.8) is 0 Å². The van der Waals surface area contributed by atoms with E-state index in [2.05, 4.69) is 51.5 Å². The van der Waals surface area contributed by atoms with E-state index in [1.165, 1.54) is 0 Å². The first-order valence-corrected chi connectivity index (χ1v) is 21.3. The number of ether oxygens (including phenoxy) is 8. The van der Waals surface area contributed by atoms with Gasteiger partial charge in [-0.25, -0.2) is 0 Å². The van der Waals surface area contributed by atoms with Crippen molar-refractivity contribution in [3.05, 3.63) is 0 Å². The van der Waals surface area contributed by atoms with Crippen LogP contribution in [0.15, 0.2) is 0 Å². The van der Waals surface area contributed by atoms with Crippen LogP contribution in [0.25, 0.3) is 0 Å². The molecule has 0 aliphatic carbocycles. The summed E-state index contributed by atoms with van der Waals surface area (Å²) >= 11 is 0. The zero-order valence-corrected chi connectivity index (χ0v) is 38.1. The van der Waals surface area contributed by atoms with Crippen molar-refractivity contribution in [1.82, 2.24) is 9.80 Å². The van der Waals surface area contributed by atoms with Gasteiger partial charge < -0.3 is 57.9 Å². The number of aliphatic hydroxyl groups is 2. The molecule has 3 saturated heterocycles. The molecule has 18 atom stereocenters. The van der Waals surface area contributed by atoms with Crippen LogP contribution in [0.3, 0.4) is 0 Å². The van der Waals surface area contributed by atoms with Gasteiger partial charge in [0.1, 0.15) is 17.8 Å². The Hall–Kier alpha value is -0.970. The molecule has 0 aromatic carbocycles. The average Bonchev–Trinajstić information content (AvgIpc) is 3.13. The molecule has 3 aliphatic heterocycles. The average molecular weight is 803 g/mol. The summed E-state index contributed by atoms with van der Waals surface area (Å²) in [5.41, 5.74) is -2.76. The molecule has 1 unspecified atom stereocenters. The molecule has 0 radical (unpaired) electrons. The molecule has 330 valence electrons. The molecule has 0 aromatic heterocycles. The Bertz CT molecular complexity index is 1210. The fraction of sp³-hybridized carbons (Fsp3) is 0.977. The highest BCUT2D eigenvalue weighted by Gasteiger charge is 2.52. The second-order valence-corrected chi connectivity index (χ2v) is 18.6. The van der Waals surface area contributed by atoms with Crippen molar-refractivity contribution >= 4 is 5.97 Å². The summed E-state index contributed by atoms with van der Waals surface area (Å²) in [6.45, 7) is 25.0. The summed E-state index contributed by atoms with van der Waals surface area (Å²) in [6, 6.07) is -0.0288. The number of hydrogen-bond acceptors (Lipinski definition) is 13. The van der Waals surface area contributed by atoms with Crippen LogP contribution in [-0.4, -0.2) is 159 Å². The van der Waals surface area contributed by atoms with E-state index in [-0.39, 0.29) is 55.3 Å². The van der Waals surface area contributed by atoms with Crippen LogP contribution in [0.1, 0.15) is 109 Å². The summed E-state index contributed by atoms with van der Waals surface area (Å²) in [4.78, 5) is 19.0. The number of nitrogens with zero attached hydrogens (tertiary/aromatic N) is 2. The summed E-state index contributed by atoms with van der Waals surface area (Å²) in [5, 5.41) is 22.6. The van der Waals surface area contributed by atoms with Gasteiger partial charge in [-0.2, -0.15) is 0 Å². The SMILES string of the molecule is CC[C@H]1OC(=O)[C@H](C)[C@@H](O[C@H]2C[C@@](C)(OC)[C@@H](C)[C@H](C)O2)[C@H](C)[C@@H](OC2O[C@H](C)C[C@H](N(C)C)[C@H]2OCCO)[C@](C)(O)C[C@@H](C)CN(C)[C@H](C)[C@@H](C)[C@]1(C)OC. The van der Waals surface area contributed by atoms with Gasteiger partial charge in [0, 0.05) is 57.0 Å². The number of likely N-dealkylation sites (N-methyl/N-ethyl adjacent to an activating group) is 1. The molecule has 56 heavy (non-hydrogen) atoms. The number of cyclic esters (lactones) is 1. The fourth-order valence-electron chi connectivity index (χ4n) is 9.81. The van der Waals surface area contributed by atoms with Gasteiger partial charge >= 0.3 is 5.97 Å². The number of carbonyl (C=O) groups is 1. The Kier molecular flexibility index (Phi) is 18.1. The van der Waals surface area contributed by atoms with Gasteiger partial charge in [0.25, 0.3) is 0 Å². The predicted molar refractivity (Wildman–Crippen MR) is 216 cm³/mol. The molecule has 13 heteroatoms. The molecule has 0 bridgehead atoms. The van der Waals surface area contributed by atoms with Crippen molar-refractivity contribution in [2.24, 2.45) is 29.6 Å². The maximum Gasteiger partial charge on any atom is 0.311 e. The highest BCUT2D eigenvalue weighted by Crippen LogP contribution is 2.42. The van der Waals surface area contributed by atoms with Crippen LogP contribution in [0.5, 0.6) is 0 Å². The monoisotopic (exact) mass is 803 g/mol. The highest BCUT2D eigenvalue weighted by molar-refractivity contribution is 5.73. The van der Waals surface area contributed by atoms with Gasteiger partial charge in [-0.05, 0) is 94.8 Å². The molecule has 13 nitrogen and oxygen atoms in total. The molecular weight excluding hydrogens is 720 g/mol. The zero-order valence-electron chi connectivity index (χ0n) is 38.1. The Labute approximate surface area is 339 Å². The third kappa shape index (κ3) is 11.2. The minimum absolute atomic E-state index is 0.0257.